The van der Waals surface area contributed by atoms with Crippen molar-refractivity contribution < 1.29 is 23.9 Å². The zero-order valence-corrected chi connectivity index (χ0v) is 21.1. The highest BCUT2D eigenvalue weighted by molar-refractivity contribution is 7.15. The van der Waals surface area contributed by atoms with E-state index in [0.717, 1.165) is 15.5 Å². The normalized spacial score (nSPS) is 13.3. The molecular formula is C25H21ClN4O5S. The number of aryl methyl sites for hydroxylation is 2. The molecule has 0 radical (unpaired) electrons. The fourth-order valence-electron chi connectivity index (χ4n) is 3.41. The monoisotopic (exact) mass is 524 g/mol. The molecule has 0 fully saturated rings. The first-order chi connectivity index (χ1) is 17.2. The van der Waals surface area contributed by atoms with Gasteiger partial charge in [-0.25, -0.2) is 14.7 Å². The van der Waals surface area contributed by atoms with Gasteiger partial charge in [-0.05, 0) is 57.2 Å². The molecule has 0 unspecified atom stereocenters. The molecule has 2 aromatic carbocycles. The molecule has 0 atom stereocenters. The summed E-state index contributed by atoms with van der Waals surface area (Å²) in [4.78, 5) is 56.9. The van der Waals surface area contributed by atoms with Crippen LogP contribution in [0, 0.1) is 13.8 Å². The topological polar surface area (TPSA) is 118 Å². The van der Waals surface area contributed by atoms with E-state index in [4.69, 9.17) is 16.3 Å². The second kappa shape index (κ2) is 10.3. The lowest BCUT2D eigenvalue weighted by Gasteiger charge is -2.16. The molecular weight excluding hydrogens is 504 g/mol. The Morgan fingerprint density at radius 2 is 1.78 bits per heavy atom. The minimum absolute atomic E-state index is 0.146. The number of carbonyl (C=O) groups excluding carboxylic acids is 4. The van der Waals surface area contributed by atoms with Crippen LogP contribution in [0.4, 0.5) is 16.5 Å². The number of nitrogens with one attached hydrogen (secondary N) is 2. The smallest absolute Gasteiger partial charge is 0.338 e. The Morgan fingerprint density at radius 1 is 1.06 bits per heavy atom. The Morgan fingerprint density at radius 3 is 2.47 bits per heavy atom. The van der Waals surface area contributed by atoms with Crippen molar-refractivity contribution in [2.24, 2.45) is 0 Å². The first-order valence-corrected chi connectivity index (χ1v) is 12.1. The second-order valence-electron chi connectivity index (χ2n) is 7.73. The summed E-state index contributed by atoms with van der Waals surface area (Å²) in [6.07, 6.45) is 0. The maximum absolute atomic E-state index is 13.1. The van der Waals surface area contributed by atoms with Gasteiger partial charge in [-0.2, -0.15) is 0 Å². The van der Waals surface area contributed by atoms with Gasteiger partial charge in [0.05, 0.1) is 23.6 Å². The van der Waals surface area contributed by atoms with Gasteiger partial charge in [-0.1, -0.05) is 23.7 Å². The number of aromatic nitrogens is 1. The van der Waals surface area contributed by atoms with E-state index in [2.05, 4.69) is 15.6 Å². The summed E-state index contributed by atoms with van der Waals surface area (Å²) in [5.74, 6) is -2.39. The summed E-state index contributed by atoms with van der Waals surface area (Å²) < 4.78 is 4.98. The van der Waals surface area contributed by atoms with Crippen LogP contribution >= 0.6 is 22.9 Å². The molecule has 2 N–H and O–H groups in total. The van der Waals surface area contributed by atoms with Gasteiger partial charge in [0.2, 0.25) is 0 Å². The van der Waals surface area contributed by atoms with Gasteiger partial charge in [0.1, 0.15) is 10.7 Å². The number of imide groups is 1. The van der Waals surface area contributed by atoms with Crippen molar-refractivity contribution in [3.8, 4) is 0 Å². The molecule has 1 aliphatic heterocycles. The average Bonchev–Trinajstić information content (AvgIpc) is 3.28. The third-order valence-corrected chi connectivity index (χ3v) is 6.62. The Balaban J connectivity index is 1.53. The molecule has 1 aliphatic rings. The van der Waals surface area contributed by atoms with E-state index in [1.165, 1.54) is 41.7 Å². The van der Waals surface area contributed by atoms with E-state index in [-0.39, 0.29) is 34.5 Å². The van der Waals surface area contributed by atoms with E-state index in [1.807, 2.05) is 13.8 Å². The summed E-state index contributed by atoms with van der Waals surface area (Å²) in [7, 11) is 0. The summed E-state index contributed by atoms with van der Waals surface area (Å²) in [6.45, 7) is 5.64. The number of rotatable bonds is 7. The van der Waals surface area contributed by atoms with E-state index in [1.54, 1.807) is 25.1 Å². The molecule has 3 aromatic rings. The molecule has 2 heterocycles. The van der Waals surface area contributed by atoms with E-state index < -0.39 is 17.8 Å². The molecule has 11 heteroatoms. The summed E-state index contributed by atoms with van der Waals surface area (Å²) in [6, 6.07) is 12.4. The van der Waals surface area contributed by atoms with E-state index in [0.29, 0.717) is 16.4 Å². The van der Waals surface area contributed by atoms with Gasteiger partial charge >= 0.3 is 5.97 Å². The number of benzene rings is 2. The third-order valence-electron chi connectivity index (χ3n) is 5.29. The van der Waals surface area contributed by atoms with Crippen molar-refractivity contribution in [3.05, 3.63) is 81.0 Å². The van der Waals surface area contributed by atoms with Gasteiger partial charge < -0.3 is 10.1 Å². The molecule has 9 nitrogen and oxygen atoms in total. The first-order valence-electron chi connectivity index (χ1n) is 10.9. The first kappa shape index (κ1) is 25.1. The molecule has 4 rings (SSSR count). The molecule has 1 aromatic heterocycles. The molecule has 0 saturated heterocycles. The number of hydrogen-bond acceptors (Lipinski definition) is 8. The number of anilines is 3. The fourth-order valence-corrected chi connectivity index (χ4v) is 4.43. The minimum Gasteiger partial charge on any atom is -0.462 e. The minimum atomic E-state index is -0.742. The van der Waals surface area contributed by atoms with Crippen molar-refractivity contribution in [3.63, 3.8) is 0 Å². The van der Waals surface area contributed by atoms with Crippen LogP contribution in [0.2, 0.25) is 0 Å². The Hall–Kier alpha value is -4.02. The SMILES string of the molecule is CCOC(=O)c1cccc(N2C(=O)C(Cl)=C(Nc3cccc(C(=O)Nc4nc(C)c(C)s4)c3)C2=O)c1. The maximum atomic E-state index is 13.1. The lowest BCUT2D eigenvalue weighted by atomic mass is 10.2. The zero-order chi connectivity index (χ0) is 26.0. The zero-order valence-electron chi connectivity index (χ0n) is 19.5. The third kappa shape index (κ3) is 5.00. The highest BCUT2D eigenvalue weighted by atomic mass is 35.5. The fraction of sp³-hybridized carbons (Fsp3) is 0.160. The van der Waals surface area contributed by atoms with Crippen LogP contribution < -0.4 is 15.5 Å². The van der Waals surface area contributed by atoms with Crippen LogP contribution in [0.3, 0.4) is 0 Å². The molecule has 3 amide bonds. The van der Waals surface area contributed by atoms with E-state index in [9.17, 15) is 19.2 Å². The number of halogens is 1. The van der Waals surface area contributed by atoms with Crippen LogP contribution in [-0.4, -0.2) is 35.3 Å². The number of carbonyl (C=O) groups is 4. The van der Waals surface area contributed by atoms with Crippen molar-refractivity contribution >= 4 is 63.1 Å². The van der Waals surface area contributed by atoms with Gasteiger partial charge in [0.25, 0.3) is 17.7 Å². The quantitative estimate of drug-likeness (QED) is 0.342. The summed E-state index contributed by atoms with van der Waals surface area (Å²) in [5, 5.41) is 5.77. The number of esters is 1. The van der Waals surface area contributed by atoms with E-state index >= 15 is 0 Å². The van der Waals surface area contributed by atoms with Gasteiger partial charge in [0, 0.05) is 16.1 Å². The highest BCUT2D eigenvalue weighted by Gasteiger charge is 2.39. The molecule has 0 saturated carbocycles. The number of thiazole rings is 1. The lowest BCUT2D eigenvalue weighted by Crippen LogP contribution is -2.32. The van der Waals surface area contributed by atoms with Gasteiger partial charge in [-0.15, -0.1) is 11.3 Å². The summed E-state index contributed by atoms with van der Waals surface area (Å²) >= 11 is 7.60. The van der Waals surface area contributed by atoms with Crippen LogP contribution in [0.25, 0.3) is 0 Å². The lowest BCUT2D eigenvalue weighted by molar-refractivity contribution is -0.120. The van der Waals surface area contributed by atoms with Gasteiger partial charge in [-0.3, -0.25) is 19.7 Å². The molecule has 0 aliphatic carbocycles. The van der Waals surface area contributed by atoms with Gasteiger partial charge in [0.15, 0.2) is 5.13 Å². The second-order valence-corrected chi connectivity index (χ2v) is 9.31. The molecule has 36 heavy (non-hydrogen) atoms. The molecule has 0 bridgehead atoms. The Kier molecular flexibility index (Phi) is 7.18. The maximum Gasteiger partial charge on any atom is 0.338 e. The van der Waals surface area contributed by atoms with Crippen LogP contribution in [0.15, 0.2) is 59.3 Å². The van der Waals surface area contributed by atoms with Crippen molar-refractivity contribution in [2.45, 2.75) is 20.8 Å². The number of hydrogen-bond donors (Lipinski definition) is 2. The predicted molar refractivity (Wildman–Crippen MR) is 137 cm³/mol. The van der Waals surface area contributed by atoms with Crippen LogP contribution in [0.1, 0.15) is 38.2 Å². The molecule has 0 spiro atoms. The number of nitrogens with zero attached hydrogens (tertiary/aromatic N) is 2. The summed E-state index contributed by atoms with van der Waals surface area (Å²) in [5.41, 5.74) is 1.76. The Bertz CT molecular complexity index is 1410. The molecule has 184 valence electrons. The van der Waals surface area contributed by atoms with Crippen molar-refractivity contribution in [1.82, 2.24) is 4.98 Å². The van der Waals surface area contributed by atoms with Crippen molar-refractivity contribution in [2.75, 3.05) is 22.1 Å². The Labute approximate surface area is 215 Å². The average molecular weight is 525 g/mol. The standard InChI is InChI=1S/C25H21ClN4O5S/c1-4-35-24(34)16-8-6-10-18(12-16)30-22(32)19(26)20(23(30)33)28-17-9-5-7-15(11-17)21(31)29-25-27-13(2)14(3)36-25/h5-12,28H,4H2,1-3H3,(H,27,29,31). The highest BCUT2D eigenvalue weighted by Crippen LogP contribution is 2.31. The van der Waals surface area contributed by atoms with Crippen LogP contribution in [-0.2, 0) is 14.3 Å². The largest absolute Gasteiger partial charge is 0.462 e. The number of amides is 3. The van der Waals surface area contributed by atoms with Crippen molar-refractivity contribution in [1.29, 1.82) is 0 Å². The number of ether oxygens (including phenoxy) is 1. The van der Waals surface area contributed by atoms with Crippen LogP contribution in [0.5, 0.6) is 0 Å². The predicted octanol–water partition coefficient (Wildman–Crippen LogP) is 4.62.